The van der Waals surface area contributed by atoms with Crippen molar-refractivity contribution in [2.75, 3.05) is 20.2 Å². The summed E-state index contributed by atoms with van der Waals surface area (Å²) in [7, 11) is 1.80. The highest BCUT2D eigenvalue weighted by atomic mass is 127. The molecule has 2 rings (SSSR count). The maximum Gasteiger partial charge on any atom is 0.416 e. The van der Waals surface area contributed by atoms with Crippen LogP contribution in [0, 0.1) is 0 Å². The first-order valence-corrected chi connectivity index (χ1v) is 9.34. The zero-order chi connectivity index (χ0) is 21.4. The van der Waals surface area contributed by atoms with Gasteiger partial charge in [-0.1, -0.05) is 17.3 Å². The summed E-state index contributed by atoms with van der Waals surface area (Å²) in [5.74, 6) is 1.38. The maximum absolute atomic E-state index is 12.7. The molecule has 1 aromatic heterocycles. The SMILES string of the molecule is CCNC(=NCc1nc(C(C)OCC)no1)N(C)Cc1ccc(C(F)(F)F)cc1.I. The fraction of sp³-hybridized carbons (Fsp3) is 0.526. The zero-order valence-electron chi connectivity index (χ0n) is 17.4. The zero-order valence-corrected chi connectivity index (χ0v) is 19.7. The molecule has 0 aliphatic heterocycles. The van der Waals surface area contributed by atoms with E-state index in [0.29, 0.717) is 37.4 Å². The summed E-state index contributed by atoms with van der Waals surface area (Å²) in [6.45, 7) is 7.39. The molecule has 1 N–H and O–H groups in total. The van der Waals surface area contributed by atoms with Crippen molar-refractivity contribution in [3.63, 3.8) is 0 Å². The van der Waals surface area contributed by atoms with Crippen LogP contribution < -0.4 is 5.32 Å². The van der Waals surface area contributed by atoms with E-state index in [-0.39, 0.29) is 36.6 Å². The number of ether oxygens (including phenoxy) is 1. The van der Waals surface area contributed by atoms with Gasteiger partial charge in [-0.15, -0.1) is 24.0 Å². The third kappa shape index (κ3) is 7.74. The Bertz CT molecular complexity index is 796. The molecule has 0 aliphatic carbocycles. The predicted octanol–water partition coefficient (Wildman–Crippen LogP) is 4.40. The second-order valence-corrected chi connectivity index (χ2v) is 6.36. The number of rotatable bonds is 8. The number of benzene rings is 1. The van der Waals surface area contributed by atoms with Gasteiger partial charge in [0.1, 0.15) is 12.6 Å². The second kappa shape index (κ2) is 12.1. The Balaban J connectivity index is 0.00000450. The molecule has 2 aromatic rings. The van der Waals surface area contributed by atoms with E-state index in [4.69, 9.17) is 9.26 Å². The minimum atomic E-state index is -4.34. The van der Waals surface area contributed by atoms with Crippen molar-refractivity contribution >= 4 is 29.9 Å². The van der Waals surface area contributed by atoms with E-state index in [1.165, 1.54) is 12.1 Å². The highest BCUT2D eigenvalue weighted by molar-refractivity contribution is 14.0. The second-order valence-electron chi connectivity index (χ2n) is 6.36. The lowest BCUT2D eigenvalue weighted by Crippen LogP contribution is -2.38. The molecule has 0 saturated carbocycles. The third-order valence-corrected chi connectivity index (χ3v) is 4.03. The Morgan fingerprint density at radius 3 is 2.50 bits per heavy atom. The van der Waals surface area contributed by atoms with Crippen molar-refractivity contribution in [3.05, 3.63) is 47.1 Å². The molecule has 0 fully saturated rings. The Hall–Kier alpha value is -1.89. The Kier molecular flexibility index (Phi) is 10.5. The Morgan fingerprint density at radius 1 is 1.27 bits per heavy atom. The predicted molar refractivity (Wildman–Crippen MR) is 117 cm³/mol. The largest absolute Gasteiger partial charge is 0.416 e. The van der Waals surface area contributed by atoms with Crippen molar-refractivity contribution in [1.82, 2.24) is 20.4 Å². The number of guanidine groups is 1. The van der Waals surface area contributed by atoms with Gasteiger partial charge < -0.3 is 19.5 Å². The number of aliphatic imine (C=N–C) groups is 1. The molecule has 0 amide bonds. The quantitative estimate of drug-likeness (QED) is 0.304. The summed E-state index contributed by atoms with van der Waals surface area (Å²) in [5.41, 5.74) is 0.0645. The van der Waals surface area contributed by atoms with Crippen LogP contribution in [-0.4, -0.2) is 41.2 Å². The molecule has 7 nitrogen and oxygen atoms in total. The fourth-order valence-corrected chi connectivity index (χ4v) is 2.58. The number of nitrogens with one attached hydrogen (secondary N) is 1. The fourth-order valence-electron chi connectivity index (χ4n) is 2.58. The lowest BCUT2D eigenvalue weighted by atomic mass is 10.1. The summed E-state index contributed by atoms with van der Waals surface area (Å²) in [4.78, 5) is 10.6. The lowest BCUT2D eigenvalue weighted by molar-refractivity contribution is -0.137. The van der Waals surface area contributed by atoms with Crippen LogP contribution >= 0.6 is 24.0 Å². The van der Waals surface area contributed by atoms with Gasteiger partial charge in [-0.3, -0.25) is 0 Å². The molecular formula is C19H27F3IN5O2. The van der Waals surface area contributed by atoms with E-state index >= 15 is 0 Å². The normalized spacial score (nSPS) is 13.0. The highest BCUT2D eigenvalue weighted by Gasteiger charge is 2.29. The van der Waals surface area contributed by atoms with Gasteiger partial charge >= 0.3 is 6.18 Å². The van der Waals surface area contributed by atoms with Gasteiger partial charge in [0.15, 0.2) is 11.8 Å². The molecule has 168 valence electrons. The monoisotopic (exact) mass is 541 g/mol. The van der Waals surface area contributed by atoms with Crippen molar-refractivity contribution in [1.29, 1.82) is 0 Å². The highest BCUT2D eigenvalue weighted by Crippen LogP contribution is 2.29. The van der Waals surface area contributed by atoms with Crippen LogP contribution in [-0.2, 0) is 24.0 Å². The topological polar surface area (TPSA) is 75.8 Å². The van der Waals surface area contributed by atoms with Gasteiger partial charge in [0.2, 0.25) is 5.89 Å². The number of halogens is 4. The van der Waals surface area contributed by atoms with Crippen LogP contribution in [0.1, 0.15) is 49.7 Å². The van der Waals surface area contributed by atoms with Crippen molar-refractivity contribution in [2.45, 2.75) is 46.1 Å². The Morgan fingerprint density at radius 2 is 1.93 bits per heavy atom. The maximum atomic E-state index is 12.7. The number of alkyl halides is 3. The average molecular weight is 541 g/mol. The summed E-state index contributed by atoms with van der Waals surface area (Å²) in [6, 6.07) is 5.07. The van der Waals surface area contributed by atoms with Crippen LogP contribution in [0.4, 0.5) is 13.2 Å². The minimum Gasteiger partial charge on any atom is -0.371 e. The number of hydrogen-bond donors (Lipinski definition) is 1. The van der Waals surface area contributed by atoms with E-state index in [1.807, 2.05) is 25.7 Å². The first kappa shape index (κ1) is 26.1. The van der Waals surface area contributed by atoms with Gasteiger partial charge in [0, 0.05) is 26.7 Å². The van der Waals surface area contributed by atoms with Crippen molar-refractivity contribution < 1.29 is 22.4 Å². The molecule has 1 aromatic carbocycles. The molecule has 0 saturated heterocycles. The van der Waals surface area contributed by atoms with Crippen molar-refractivity contribution in [2.24, 2.45) is 4.99 Å². The third-order valence-electron chi connectivity index (χ3n) is 4.03. The minimum absolute atomic E-state index is 0. The first-order chi connectivity index (χ1) is 13.7. The molecule has 1 unspecified atom stereocenters. The summed E-state index contributed by atoms with van der Waals surface area (Å²) in [6.07, 6.45) is -4.61. The lowest BCUT2D eigenvalue weighted by Gasteiger charge is -2.22. The smallest absolute Gasteiger partial charge is 0.371 e. The number of nitrogens with zero attached hydrogens (tertiary/aromatic N) is 4. The molecule has 1 heterocycles. The molecule has 0 spiro atoms. The number of aromatic nitrogens is 2. The van der Waals surface area contributed by atoms with Crippen LogP contribution in [0.3, 0.4) is 0 Å². The summed E-state index contributed by atoms with van der Waals surface area (Å²) < 4.78 is 48.7. The molecule has 30 heavy (non-hydrogen) atoms. The van der Waals surface area contributed by atoms with Crippen LogP contribution in [0.25, 0.3) is 0 Å². The van der Waals surface area contributed by atoms with Crippen molar-refractivity contribution in [3.8, 4) is 0 Å². The van der Waals surface area contributed by atoms with Gasteiger partial charge in [0.25, 0.3) is 0 Å². The summed E-state index contributed by atoms with van der Waals surface area (Å²) >= 11 is 0. The van der Waals surface area contributed by atoms with E-state index in [1.54, 1.807) is 7.05 Å². The average Bonchev–Trinajstić information content (AvgIpc) is 3.14. The number of hydrogen-bond acceptors (Lipinski definition) is 5. The van der Waals surface area contributed by atoms with E-state index in [2.05, 4.69) is 20.4 Å². The van der Waals surface area contributed by atoms with E-state index in [0.717, 1.165) is 17.7 Å². The van der Waals surface area contributed by atoms with Gasteiger partial charge in [-0.05, 0) is 38.5 Å². The van der Waals surface area contributed by atoms with Crippen LogP contribution in [0.5, 0.6) is 0 Å². The molecule has 11 heteroatoms. The molecule has 1 atom stereocenters. The van der Waals surface area contributed by atoms with Crippen LogP contribution in [0.15, 0.2) is 33.8 Å². The van der Waals surface area contributed by atoms with E-state index in [9.17, 15) is 13.2 Å². The molecular weight excluding hydrogens is 514 g/mol. The summed E-state index contributed by atoms with van der Waals surface area (Å²) in [5, 5.41) is 7.03. The molecule has 0 radical (unpaired) electrons. The van der Waals surface area contributed by atoms with E-state index < -0.39 is 11.7 Å². The molecule has 0 aliphatic rings. The standard InChI is InChI=1S/C19H26F3N5O2.HI/c1-5-23-18(24-11-16-25-17(26-29-16)13(3)28-6-2)27(4)12-14-7-9-15(10-8-14)19(20,21)22;/h7-10,13H,5-6,11-12H2,1-4H3,(H,23,24);1H. The first-order valence-electron chi connectivity index (χ1n) is 9.34. The van der Waals surface area contributed by atoms with Crippen LogP contribution in [0.2, 0.25) is 0 Å². The van der Waals surface area contributed by atoms with Gasteiger partial charge in [0.05, 0.1) is 5.56 Å². The van der Waals surface area contributed by atoms with Gasteiger partial charge in [-0.2, -0.15) is 18.2 Å². The Labute approximate surface area is 191 Å². The van der Waals surface area contributed by atoms with Gasteiger partial charge in [-0.25, -0.2) is 4.99 Å². The molecule has 0 bridgehead atoms.